The van der Waals surface area contributed by atoms with Crippen molar-refractivity contribution in [1.82, 2.24) is 10.2 Å². The molecule has 20 heavy (non-hydrogen) atoms. The second kappa shape index (κ2) is 6.22. The molecule has 0 bridgehead atoms. The lowest BCUT2D eigenvalue weighted by Gasteiger charge is -2.42. The molecule has 1 aliphatic rings. The van der Waals surface area contributed by atoms with Crippen LogP contribution in [-0.4, -0.2) is 36.2 Å². The standard InChI is InChI=1S/C15H22BrClN2O/c1-15(2,3)14(19-8-6-18-7-9-19)10-4-5-11(17)12(16)13(10)20/h4-5,14,18,20H,6-9H2,1-3H3/t14-/m1/s1. The number of aromatic hydroxyl groups is 1. The number of nitrogens with one attached hydrogen (secondary N) is 1. The van der Waals surface area contributed by atoms with Crippen LogP contribution in [0.3, 0.4) is 0 Å². The van der Waals surface area contributed by atoms with Crippen LogP contribution >= 0.6 is 27.5 Å². The van der Waals surface area contributed by atoms with Gasteiger partial charge in [-0.05, 0) is 27.4 Å². The van der Waals surface area contributed by atoms with Crippen LogP contribution in [0.25, 0.3) is 0 Å². The molecule has 1 atom stereocenters. The fourth-order valence-electron chi connectivity index (χ4n) is 2.93. The number of piperazine rings is 1. The number of phenols is 1. The molecule has 5 heteroatoms. The van der Waals surface area contributed by atoms with Crippen LogP contribution in [0.4, 0.5) is 0 Å². The molecular formula is C15H22BrClN2O. The lowest BCUT2D eigenvalue weighted by molar-refractivity contribution is 0.0842. The van der Waals surface area contributed by atoms with Crippen molar-refractivity contribution in [3.63, 3.8) is 0 Å². The van der Waals surface area contributed by atoms with E-state index < -0.39 is 0 Å². The molecule has 0 radical (unpaired) electrons. The van der Waals surface area contributed by atoms with Crippen LogP contribution in [0, 0.1) is 5.41 Å². The zero-order valence-electron chi connectivity index (χ0n) is 12.2. The Bertz CT molecular complexity index is 481. The molecule has 1 aliphatic heterocycles. The number of hydrogen-bond donors (Lipinski definition) is 2. The van der Waals surface area contributed by atoms with E-state index in [0.717, 1.165) is 31.7 Å². The van der Waals surface area contributed by atoms with Crippen molar-refractivity contribution in [2.75, 3.05) is 26.2 Å². The summed E-state index contributed by atoms with van der Waals surface area (Å²) in [7, 11) is 0. The number of rotatable bonds is 2. The molecule has 1 aromatic rings. The molecule has 112 valence electrons. The highest BCUT2D eigenvalue weighted by molar-refractivity contribution is 9.10. The maximum Gasteiger partial charge on any atom is 0.136 e. The van der Waals surface area contributed by atoms with Crippen LogP contribution in [0.15, 0.2) is 16.6 Å². The van der Waals surface area contributed by atoms with Gasteiger partial charge in [0.25, 0.3) is 0 Å². The Labute approximate surface area is 134 Å². The van der Waals surface area contributed by atoms with Crippen molar-refractivity contribution in [3.05, 3.63) is 27.2 Å². The summed E-state index contributed by atoms with van der Waals surface area (Å²) in [6.07, 6.45) is 0. The summed E-state index contributed by atoms with van der Waals surface area (Å²) in [6.45, 7) is 10.6. The van der Waals surface area contributed by atoms with Crippen molar-refractivity contribution in [2.24, 2.45) is 5.41 Å². The Morgan fingerprint density at radius 2 is 1.90 bits per heavy atom. The van der Waals surface area contributed by atoms with Crippen LogP contribution in [0.2, 0.25) is 5.02 Å². The predicted molar refractivity (Wildman–Crippen MR) is 87.5 cm³/mol. The lowest BCUT2D eigenvalue weighted by Crippen LogP contribution is -2.48. The van der Waals surface area contributed by atoms with Gasteiger partial charge in [-0.3, -0.25) is 4.90 Å². The molecule has 0 spiro atoms. The molecule has 0 amide bonds. The highest BCUT2D eigenvalue weighted by Crippen LogP contribution is 2.45. The normalized spacial score (nSPS) is 19.1. The monoisotopic (exact) mass is 360 g/mol. The van der Waals surface area contributed by atoms with Crippen molar-refractivity contribution in [2.45, 2.75) is 26.8 Å². The summed E-state index contributed by atoms with van der Waals surface area (Å²) in [5.41, 5.74) is 0.970. The van der Waals surface area contributed by atoms with Crippen molar-refractivity contribution >= 4 is 27.5 Å². The minimum Gasteiger partial charge on any atom is -0.506 e. The molecule has 2 rings (SSSR count). The van der Waals surface area contributed by atoms with E-state index in [1.54, 1.807) is 0 Å². The van der Waals surface area contributed by atoms with Crippen LogP contribution in [-0.2, 0) is 0 Å². The maximum absolute atomic E-state index is 10.5. The van der Waals surface area contributed by atoms with E-state index in [-0.39, 0.29) is 17.2 Å². The second-order valence-corrected chi connectivity index (χ2v) is 7.55. The first-order valence-corrected chi connectivity index (χ1v) is 8.11. The van der Waals surface area contributed by atoms with E-state index in [9.17, 15) is 5.11 Å². The fraction of sp³-hybridized carbons (Fsp3) is 0.600. The van der Waals surface area contributed by atoms with Gasteiger partial charge in [-0.15, -0.1) is 0 Å². The van der Waals surface area contributed by atoms with Crippen LogP contribution in [0.1, 0.15) is 32.4 Å². The topological polar surface area (TPSA) is 35.5 Å². The highest BCUT2D eigenvalue weighted by Gasteiger charge is 2.34. The smallest absolute Gasteiger partial charge is 0.136 e. The highest BCUT2D eigenvalue weighted by atomic mass is 79.9. The molecule has 3 nitrogen and oxygen atoms in total. The first kappa shape index (κ1) is 16.1. The molecule has 0 saturated carbocycles. The maximum atomic E-state index is 10.5. The number of nitrogens with zero attached hydrogens (tertiary/aromatic N) is 1. The van der Waals surface area contributed by atoms with E-state index in [1.807, 2.05) is 12.1 Å². The van der Waals surface area contributed by atoms with E-state index in [1.165, 1.54) is 0 Å². The summed E-state index contributed by atoms with van der Waals surface area (Å²) in [4.78, 5) is 2.44. The van der Waals surface area contributed by atoms with E-state index in [0.29, 0.717) is 9.50 Å². The van der Waals surface area contributed by atoms with E-state index in [4.69, 9.17) is 11.6 Å². The van der Waals surface area contributed by atoms with Gasteiger partial charge in [0.05, 0.1) is 9.50 Å². The SMILES string of the molecule is CC(C)(C)[C@@H](c1ccc(Cl)c(Br)c1O)N1CCNCC1. The second-order valence-electron chi connectivity index (χ2n) is 6.35. The van der Waals surface area contributed by atoms with Crippen LogP contribution in [0.5, 0.6) is 5.75 Å². The Morgan fingerprint density at radius 1 is 1.30 bits per heavy atom. The predicted octanol–water partition coefficient (Wildman–Crippen LogP) is 3.80. The van der Waals surface area contributed by atoms with Crippen molar-refractivity contribution < 1.29 is 5.11 Å². The molecule has 1 saturated heterocycles. The molecular weight excluding hydrogens is 340 g/mol. The minimum atomic E-state index is 0.0299. The number of hydrogen-bond acceptors (Lipinski definition) is 3. The Hall–Kier alpha value is -0.290. The third kappa shape index (κ3) is 3.30. The zero-order chi connectivity index (χ0) is 14.9. The Morgan fingerprint density at radius 3 is 2.45 bits per heavy atom. The molecule has 1 aromatic carbocycles. The zero-order valence-corrected chi connectivity index (χ0v) is 14.6. The van der Waals surface area contributed by atoms with Gasteiger partial charge in [-0.1, -0.05) is 38.4 Å². The van der Waals surface area contributed by atoms with E-state index >= 15 is 0 Å². The molecule has 1 fully saturated rings. The largest absolute Gasteiger partial charge is 0.506 e. The summed E-state index contributed by atoms with van der Waals surface area (Å²) in [5, 5.41) is 14.4. The molecule has 0 unspecified atom stereocenters. The van der Waals surface area contributed by atoms with Crippen molar-refractivity contribution in [1.29, 1.82) is 0 Å². The molecule has 0 aromatic heterocycles. The Balaban J connectivity index is 2.44. The summed E-state index contributed by atoms with van der Waals surface area (Å²) < 4.78 is 0.584. The third-order valence-corrected chi connectivity index (χ3v) is 5.08. The lowest BCUT2D eigenvalue weighted by atomic mass is 9.80. The average molecular weight is 362 g/mol. The third-order valence-electron chi connectivity index (χ3n) is 3.73. The fourth-order valence-corrected chi connectivity index (χ4v) is 3.44. The van der Waals surface area contributed by atoms with Gasteiger partial charge in [0.15, 0.2) is 0 Å². The first-order valence-electron chi connectivity index (χ1n) is 6.94. The van der Waals surface area contributed by atoms with Gasteiger partial charge >= 0.3 is 0 Å². The number of halogens is 2. The Kier molecular flexibility index (Phi) is 5.00. The molecule has 1 heterocycles. The summed E-state index contributed by atoms with van der Waals surface area (Å²) in [5.74, 6) is 0.260. The van der Waals surface area contributed by atoms with Gasteiger partial charge in [0, 0.05) is 37.8 Å². The molecule has 2 N–H and O–H groups in total. The number of benzene rings is 1. The van der Waals surface area contributed by atoms with Gasteiger partial charge in [-0.25, -0.2) is 0 Å². The van der Waals surface area contributed by atoms with Gasteiger partial charge in [0.1, 0.15) is 5.75 Å². The van der Waals surface area contributed by atoms with Crippen LogP contribution < -0.4 is 5.32 Å². The van der Waals surface area contributed by atoms with E-state index in [2.05, 4.69) is 46.9 Å². The van der Waals surface area contributed by atoms with Gasteiger partial charge in [0.2, 0.25) is 0 Å². The minimum absolute atomic E-state index is 0.0299. The van der Waals surface area contributed by atoms with Gasteiger partial charge in [-0.2, -0.15) is 0 Å². The number of phenolic OH excluding ortho intramolecular Hbond substituents is 1. The molecule has 0 aliphatic carbocycles. The summed E-state index contributed by atoms with van der Waals surface area (Å²) >= 11 is 9.44. The average Bonchev–Trinajstić information content (AvgIpc) is 2.39. The van der Waals surface area contributed by atoms with Gasteiger partial charge < -0.3 is 10.4 Å². The first-order chi connectivity index (χ1) is 9.32. The van der Waals surface area contributed by atoms with Crippen molar-refractivity contribution in [3.8, 4) is 5.75 Å². The quantitative estimate of drug-likeness (QED) is 0.841. The summed E-state index contributed by atoms with van der Waals surface area (Å²) in [6, 6.07) is 3.96.